The average Bonchev–Trinajstić information content (AvgIpc) is 2.27. The molecule has 1 rings (SSSR count). The summed E-state index contributed by atoms with van der Waals surface area (Å²) < 4.78 is 13.4. The zero-order valence-electron chi connectivity index (χ0n) is 11.0. The van der Waals surface area contributed by atoms with Gasteiger partial charge in [0.25, 0.3) is 5.91 Å². The molecule has 0 aromatic heterocycles. The summed E-state index contributed by atoms with van der Waals surface area (Å²) in [4.78, 5) is 12.0. The zero-order valence-corrected chi connectivity index (χ0v) is 11.0. The fraction of sp³-hybridized carbons (Fsp3) is 0.462. The molecule has 4 N–H and O–H groups in total. The third-order valence-corrected chi connectivity index (χ3v) is 2.61. The lowest BCUT2D eigenvalue weighted by molar-refractivity contribution is 0.0936. The molecule has 1 unspecified atom stereocenters. The molecule has 1 aromatic carbocycles. The van der Waals surface area contributed by atoms with Gasteiger partial charge in [0.1, 0.15) is 5.82 Å². The van der Waals surface area contributed by atoms with Crippen molar-refractivity contribution >= 4 is 11.6 Å². The minimum Gasteiger partial charge on any atom is -0.350 e. The number of nitrogens with two attached hydrogens (primary N) is 1. The highest BCUT2D eigenvalue weighted by Crippen LogP contribution is 2.18. The highest BCUT2D eigenvalue weighted by molar-refractivity contribution is 5.99. The minimum absolute atomic E-state index is 0.0201. The van der Waals surface area contributed by atoms with E-state index in [2.05, 4.69) is 24.6 Å². The van der Waals surface area contributed by atoms with E-state index < -0.39 is 5.82 Å². The predicted octanol–water partition coefficient (Wildman–Crippen LogP) is 2.28. The first-order valence-corrected chi connectivity index (χ1v) is 6.01. The Balaban J connectivity index is 2.81. The molecule has 0 aliphatic heterocycles. The minimum atomic E-state index is -0.540. The normalized spacial score (nSPS) is 12.3. The number of amides is 1. The Labute approximate surface area is 107 Å². The van der Waals surface area contributed by atoms with Crippen LogP contribution in [-0.4, -0.2) is 11.9 Å². The van der Waals surface area contributed by atoms with Gasteiger partial charge in [-0.1, -0.05) is 19.9 Å². The van der Waals surface area contributed by atoms with Gasteiger partial charge in [-0.3, -0.25) is 10.6 Å². The van der Waals surface area contributed by atoms with Crippen LogP contribution in [-0.2, 0) is 0 Å². The number of halogens is 1. The molecule has 0 aliphatic carbocycles. The van der Waals surface area contributed by atoms with Crippen LogP contribution in [0.1, 0.15) is 37.6 Å². The SMILES string of the molecule is CC(C)CC(C)NC(=O)c1cccc(F)c1NN. The molecule has 0 saturated carbocycles. The van der Waals surface area contributed by atoms with Gasteiger partial charge in [-0.05, 0) is 31.4 Å². The van der Waals surface area contributed by atoms with Gasteiger partial charge in [-0.25, -0.2) is 4.39 Å². The van der Waals surface area contributed by atoms with Crippen LogP contribution in [0.15, 0.2) is 18.2 Å². The Kier molecular flexibility index (Phi) is 5.09. The molecule has 0 spiro atoms. The fourth-order valence-electron chi connectivity index (χ4n) is 1.93. The number of hydrazine groups is 1. The van der Waals surface area contributed by atoms with E-state index in [4.69, 9.17) is 5.84 Å². The van der Waals surface area contributed by atoms with Crippen molar-refractivity contribution in [3.05, 3.63) is 29.6 Å². The highest BCUT2D eigenvalue weighted by atomic mass is 19.1. The van der Waals surface area contributed by atoms with Crippen LogP contribution in [0.5, 0.6) is 0 Å². The standard InChI is InChI=1S/C13H20FN3O/c1-8(2)7-9(3)16-13(18)10-5-4-6-11(14)12(10)17-15/h4-6,8-9,17H,7,15H2,1-3H3,(H,16,18). The first-order chi connectivity index (χ1) is 8.45. The molecule has 0 fully saturated rings. The molecule has 4 nitrogen and oxygen atoms in total. The smallest absolute Gasteiger partial charge is 0.253 e. The van der Waals surface area contributed by atoms with Gasteiger partial charge in [-0.2, -0.15) is 0 Å². The topological polar surface area (TPSA) is 67.2 Å². The van der Waals surface area contributed by atoms with Crippen LogP contribution in [0.2, 0.25) is 0 Å². The number of anilines is 1. The van der Waals surface area contributed by atoms with E-state index in [0.29, 0.717) is 5.92 Å². The molecular formula is C13H20FN3O. The number of carbonyl (C=O) groups is 1. The zero-order chi connectivity index (χ0) is 13.7. The maximum atomic E-state index is 13.4. The van der Waals surface area contributed by atoms with Crippen LogP contribution >= 0.6 is 0 Å². The number of nitrogen functional groups attached to an aromatic ring is 1. The molecule has 1 aromatic rings. The monoisotopic (exact) mass is 253 g/mol. The lowest BCUT2D eigenvalue weighted by Crippen LogP contribution is -2.34. The van der Waals surface area contributed by atoms with E-state index in [0.717, 1.165) is 6.42 Å². The van der Waals surface area contributed by atoms with Crippen molar-refractivity contribution in [3.63, 3.8) is 0 Å². The van der Waals surface area contributed by atoms with Crippen LogP contribution in [0, 0.1) is 11.7 Å². The van der Waals surface area contributed by atoms with Crippen molar-refractivity contribution in [1.82, 2.24) is 5.32 Å². The van der Waals surface area contributed by atoms with Crippen molar-refractivity contribution < 1.29 is 9.18 Å². The van der Waals surface area contributed by atoms with Crippen molar-refractivity contribution in [2.75, 3.05) is 5.43 Å². The Morgan fingerprint density at radius 2 is 2.06 bits per heavy atom. The van der Waals surface area contributed by atoms with E-state index in [-0.39, 0.29) is 23.2 Å². The molecule has 0 saturated heterocycles. The quantitative estimate of drug-likeness (QED) is 0.557. The second-order valence-corrected chi connectivity index (χ2v) is 4.81. The summed E-state index contributed by atoms with van der Waals surface area (Å²) in [5, 5.41) is 2.83. The van der Waals surface area contributed by atoms with Crippen LogP contribution in [0.25, 0.3) is 0 Å². The molecule has 5 heteroatoms. The average molecular weight is 253 g/mol. The Morgan fingerprint density at radius 1 is 1.39 bits per heavy atom. The molecule has 100 valence electrons. The number of benzene rings is 1. The number of nitrogens with one attached hydrogen (secondary N) is 2. The molecular weight excluding hydrogens is 233 g/mol. The maximum Gasteiger partial charge on any atom is 0.253 e. The van der Waals surface area contributed by atoms with Crippen LogP contribution in [0.4, 0.5) is 10.1 Å². The van der Waals surface area contributed by atoms with Gasteiger partial charge in [0, 0.05) is 6.04 Å². The second-order valence-electron chi connectivity index (χ2n) is 4.81. The second kappa shape index (κ2) is 6.35. The van der Waals surface area contributed by atoms with E-state index in [9.17, 15) is 9.18 Å². The molecule has 18 heavy (non-hydrogen) atoms. The fourth-order valence-corrected chi connectivity index (χ4v) is 1.93. The summed E-state index contributed by atoms with van der Waals surface area (Å²) >= 11 is 0. The van der Waals surface area contributed by atoms with Gasteiger partial charge < -0.3 is 10.7 Å². The van der Waals surface area contributed by atoms with Gasteiger partial charge in [0.05, 0.1) is 11.3 Å². The van der Waals surface area contributed by atoms with Gasteiger partial charge >= 0.3 is 0 Å². The first-order valence-electron chi connectivity index (χ1n) is 6.01. The molecule has 0 bridgehead atoms. The Hall–Kier alpha value is -1.62. The largest absolute Gasteiger partial charge is 0.350 e. The van der Waals surface area contributed by atoms with Crippen molar-refractivity contribution in [2.45, 2.75) is 33.2 Å². The number of carbonyl (C=O) groups excluding carboxylic acids is 1. The summed E-state index contributed by atoms with van der Waals surface area (Å²) in [6.07, 6.45) is 0.868. The predicted molar refractivity (Wildman–Crippen MR) is 70.6 cm³/mol. The van der Waals surface area contributed by atoms with E-state index in [1.807, 2.05) is 6.92 Å². The third kappa shape index (κ3) is 3.70. The lowest BCUT2D eigenvalue weighted by Gasteiger charge is -2.17. The van der Waals surface area contributed by atoms with E-state index in [1.165, 1.54) is 18.2 Å². The Morgan fingerprint density at radius 3 is 2.61 bits per heavy atom. The molecule has 0 radical (unpaired) electrons. The number of hydrogen-bond acceptors (Lipinski definition) is 3. The van der Waals surface area contributed by atoms with E-state index in [1.54, 1.807) is 0 Å². The molecule has 0 aliphatic rings. The summed E-state index contributed by atoms with van der Waals surface area (Å²) in [6, 6.07) is 4.31. The summed E-state index contributed by atoms with van der Waals surface area (Å²) in [5.41, 5.74) is 2.46. The lowest BCUT2D eigenvalue weighted by atomic mass is 10.0. The van der Waals surface area contributed by atoms with E-state index >= 15 is 0 Å². The van der Waals surface area contributed by atoms with Gasteiger partial charge in [-0.15, -0.1) is 0 Å². The number of hydrogen-bond donors (Lipinski definition) is 3. The molecule has 1 atom stereocenters. The highest BCUT2D eigenvalue weighted by Gasteiger charge is 2.16. The first kappa shape index (κ1) is 14.4. The number of para-hydroxylation sites is 1. The van der Waals surface area contributed by atoms with Crippen molar-refractivity contribution in [3.8, 4) is 0 Å². The maximum absolute atomic E-state index is 13.4. The van der Waals surface area contributed by atoms with Gasteiger partial charge in [0.2, 0.25) is 0 Å². The summed E-state index contributed by atoms with van der Waals surface area (Å²) in [5.74, 6) is 4.85. The molecule has 1 amide bonds. The van der Waals surface area contributed by atoms with Gasteiger partial charge in [0.15, 0.2) is 0 Å². The van der Waals surface area contributed by atoms with Crippen molar-refractivity contribution in [2.24, 2.45) is 11.8 Å². The Bertz CT molecular complexity index is 421. The summed E-state index contributed by atoms with van der Waals surface area (Å²) in [7, 11) is 0. The van der Waals surface area contributed by atoms with Crippen molar-refractivity contribution in [1.29, 1.82) is 0 Å². The summed E-state index contributed by atoms with van der Waals surface area (Å²) in [6.45, 7) is 6.09. The molecule has 0 heterocycles. The number of rotatable bonds is 5. The van der Waals surface area contributed by atoms with Crippen LogP contribution in [0.3, 0.4) is 0 Å². The van der Waals surface area contributed by atoms with Crippen LogP contribution < -0.4 is 16.6 Å². The third-order valence-electron chi connectivity index (χ3n) is 2.61.